The van der Waals surface area contributed by atoms with Gasteiger partial charge in [-0.05, 0) is 26.7 Å². The van der Waals surface area contributed by atoms with Gasteiger partial charge in [-0.25, -0.2) is 0 Å². The molecule has 7 heteroatoms. The molecular formula is C13H23N3O4. The largest absolute Gasteiger partial charge is 0.409 e. The first-order valence-electron chi connectivity index (χ1n) is 6.90. The van der Waals surface area contributed by atoms with Crippen LogP contribution in [0.1, 0.15) is 26.7 Å². The molecule has 20 heavy (non-hydrogen) atoms. The van der Waals surface area contributed by atoms with E-state index >= 15 is 0 Å². The SMILES string of the molecule is CC1(C)CN(C(=O)C2(C(N)=NO)CCOCC2)CCO1. The molecule has 2 rings (SSSR count). The van der Waals surface area contributed by atoms with Crippen molar-refractivity contribution in [2.75, 3.05) is 32.9 Å². The Kier molecular flexibility index (Phi) is 4.19. The predicted octanol–water partition coefficient (Wildman–Crippen LogP) is 0.167. The molecule has 0 aromatic heterocycles. The summed E-state index contributed by atoms with van der Waals surface area (Å²) in [6.45, 7) is 6.32. The summed E-state index contributed by atoms with van der Waals surface area (Å²) in [6, 6.07) is 0. The van der Waals surface area contributed by atoms with Crippen LogP contribution in [-0.2, 0) is 14.3 Å². The van der Waals surface area contributed by atoms with Crippen LogP contribution in [0.2, 0.25) is 0 Å². The second-order valence-corrected chi connectivity index (χ2v) is 6.01. The quantitative estimate of drug-likeness (QED) is 0.326. The highest BCUT2D eigenvalue weighted by atomic mass is 16.5. The summed E-state index contributed by atoms with van der Waals surface area (Å²) in [6.07, 6.45) is 0.888. The second kappa shape index (κ2) is 5.57. The van der Waals surface area contributed by atoms with E-state index in [1.807, 2.05) is 13.8 Å². The van der Waals surface area contributed by atoms with Crippen LogP contribution in [0, 0.1) is 5.41 Å². The molecule has 2 heterocycles. The maximum atomic E-state index is 12.9. The van der Waals surface area contributed by atoms with E-state index in [4.69, 9.17) is 20.4 Å². The summed E-state index contributed by atoms with van der Waals surface area (Å²) in [7, 11) is 0. The van der Waals surface area contributed by atoms with Gasteiger partial charge in [0.15, 0.2) is 5.84 Å². The van der Waals surface area contributed by atoms with Gasteiger partial charge in [0.2, 0.25) is 5.91 Å². The van der Waals surface area contributed by atoms with Crippen LogP contribution in [0.4, 0.5) is 0 Å². The van der Waals surface area contributed by atoms with Crippen LogP contribution < -0.4 is 5.73 Å². The average molecular weight is 285 g/mol. The Morgan fingerprint density at radius 2 is 1.95 bits per heavy atom. The molecule has 0 unspecified atom stereocenters. The highest BCUT2D eigenvalue weighted by Gasteiger charge is 2.48. The predicted molar refractivity (Wildman–Crippen MR) is 72.5 cm³/mol. The van der Waals surface area contributed by atoms with E-state index in [9.17, 15) is 4.79 Å². The number of carbonyl (C=O) groups excluding carboxylic acids is 1. The van der Waals surface area contributed by atoms with Gasteiger partial charge in [-0.2, -0.15) is 0 Å². The Labute approximate surface area is 118 Å². The lowest BCUT2D eigenvalue weighted by Gasteiger charge is -2.43. The lowest BCUT2D eigenvalue weighted by Crippen LogP contribution is -2.59. The molecule has 0 radical (unpaired) electrons. The van der Waals surface area contributed by atoms with E-state index < -0.39 is 5.41 Å². The molecule has 2 saturated heterocycles. The van der Waals surface area contributed by atoms with E-state index in [1.165, 1.54) is 0 Å². The normalized spacial score (nSPS) is 26.3. The van der Waals surface area contributed by atoms with Gasteiger partial charge < -0.3 is 25.3 Å². The van der Waals surface area contributed by atoms with Gasteiger partial charge in [-0.3, -0.25) is 4.79 Å². The van der Waals surface area contributed by atoms with E-state index in [0.29, 0.717) is 45.8 Å². The van der Waals surface area contributed by atoms with E-state index in [-0.39, 0.29) is 17.3 Å². The van der Waals surface area contributed by atoms with Crippen LogP contribution >= 0.6 is 0 Å². The van der Waals surface area contributed by atoms with Gasteiger partial charge in [-0.15, -0.1) is 0 Å². The fraction of sp³-hybridized carbons (Fsp3) is 0.846. The molecule has 2 fully saturated rings. The Balaban J connectivity index is 2.23. The van der Waals surface area contributed by atoms with Gasteiger partial charge in [0.25, 0.3) is 0 Å². The maximum absolute atomic E-state index is 12.9. The van der Waals surface area contributed by atoms with Crippen LogP contribution in [-0.4, -0.2) is 60.4 Å². The lowest BCUT2D eigenvalue weighted by atomic mass is 9.77. The van der Waals surface area contributed by atoms with E-state index in [0.717, 1.165) is 0 Å². The standard InChI is InChI=1S/C13H23N3O4/c1-12(2)9-16(5-8-20-12)11(17)13(10(14)15-18)3-6-19-7-4-13/h18H,3-9H2,1-2H3,(H2,14,15). The van der Waals surface area contributed by atoms with Crippen molar-refractivity contribution >= 4 is 11.7 Å². The number of carbonyl (C=O) groups is 1. The van der Waals surface area contributed by atoms with Crippen molar-refractivity contribution in [3.05, 3.63) is 0 Å². The second-order valence-electron chi connectivity index (χ2n) is 6.01. The number of amides is 1. The molecule has 0 spiro atoms. The number of nitrogens with two attached hydrogens (primary N) is 1. The third-order valence-electron chi connectivity index (χ3n) is 4.07. The Morgan fingerprint density at radius 3 is 2.50 bits per heavy atom. The van der Waals surface area contributed by atoms with Gasteiger partial charge in [0.05, 0.1) is 12.2 Å². The van der Waals surface area contributed by atoms with Gasteiger partial charge >= 0.3 is 0 Å². The van der Waals surface area contributed by atoms with E-state index in [2.05, 4.69) is 5.16 Å². The zero-order valence-corrected chi connectivity index (χ0v) is 12.1. The van der Waals surface area contributed by atoms with Crippen molar-refractivity contribution < 1.29 is 19.5 Å². The molecule has 2 aliphatic rings. The molecule has 0 aliphatic carbocycles. The maximum Gasteiger partial charge on any atom is 0.236 e. The molecule has 0 saturated carbocycles. The molecule has 1 amide bonds. The minimum atomic E-state index is -0.944. The average Bonchev–Trinajstić information content (AvgIpc) is 2.45. The Bertz CT molecular complexity index is 402. The molecule has 0 aromatic carbocycles. The number of ether oxygens (including phenoxy) is 2. The number of nitrogens with zero attached hydrogens (tertiary/aromatic N) is 2. The highest BCUT2D eigenvalue weighted by Crippen LogP contribution is 2.34. The number of oxime groups is 1. The monoisotopic (exact) mass is 285 g/mol. The summed E-state index contributed by atoms with van der Waals surface area (Å²) in [4.78, 5) is 14.7. The number of hydrogen-bond acceptors (Lipinski definition) is 5. The van der Waals surface area contributed by atoms with Crippen LogP contribution in [0.3, 0.4) is 0 Å². The fourth-order valence-corrected chi connectivity index (χ4v) is 2.89. The fourth-order valence-electron chi connectivity index (χ4n) is 2.89. The van der Waals surface area contributed by atoms with Crippen molar-refractivity contribution in [1.29, 1.82) is 0 Å². The third-order valence-corrected chi connectivity index (χ3v) is 4.07. The van der Waals surface area contributed by atoms with Crippen LogP contribution in [0.5, 0.6) is 0 Å². The number of hydrogen-bond donors (Lipinski definition) is 2. The molecular weight excluding hydrogens is 262 g/mol. The lowest BCUT2D eigenvalue weighted by molar-refractivity contribution is -0.156. The summed E-state index contributed by atoms with van der Waals surface area (Å²) in [5.74, 6) is -0.109. The third kappa shape index (κ3) is 2.73. The highest BCUT2D eigenvalue weighted by molar-refractivity contribution is 6.06. The minimum absolute atomic E-state index is 0.0184. The van der Waals surface area contributed by atoms with Gasteiger partial charge in [0.1, 0.15) is 5.41 Å². The van der Waals surface area contributed by atoms with Gasteiger partial charge in [0, 0.05) is 26.3 Å². The molecule has 0 atom stereocenters. The van der Waals surface area contributed by atoms with Crippen molar-refractivity contribution in [2.45, 2.75) is 32.3 Å². The first-order chi connectivity index (χ1) is 9.41. The number of rotatable bonds is 2. The Morgan fingerprint density at radius 1 is 1.30 bits per heavy atom. The summed E-state index contributed by atoms with van der Waals surface area (Å²) in [5.41, 5.74) is 4.51. The molecule has 7 nitrogen and oxygen atoms in total. The number of morpholine rings is 1. The van der Waals surface area contributed by atoms with Gasteiger partial charge in [-0.1, -0.05) is 5.16 Å². The van der Waals surface area contributed by atoms with Crippen molar-refractivity contribution in [3.8, 4) is 0 Å². The molecule has 0 bridgehead atoms. The van der Waals surface area contributed by atoms with Crippen LogP contribution in [0.25, 0.3) is 0 Å². The first-order valence-corrected chi connectivity index (χ1v) is 6.90. The van der Waals surface area contributed by atoms with Crippen molar-refractivity contribution in [3.63, 3.8) is 0 Å². The molecule has 0 aromatic rings. The molecule has 2 aliphatic heterocycles. The summed E-state index contributed by atoms with van der Waals surface area (Å²) < 4.78 is 10.9. The topological polar surface area (TPSA) is 97.4 Å². The molecule has 3 N–H and O–H groups in total. The smallest absolute Gasteiger partial charge is 0.236 e. The van der Waals surface area contributed by atoms with Crippen LogP contribution in [0.15, 0.2) is 5.16 Å². The Hall–Kier alpha value is -1.34. The first kappa shape index (κ1) is 15.1. The van der Waals surface area contributed by atoms with E-state index in [1.54, 1.807) is 4.90 Å². The molecule has 114 valence electrons. The van der Waals surface area contributed by atoms with Crippen molar-refractivity contribution in [1.82, 2.24) is 4.90 Å². The zero-order chi connectivity index (χ0) is 14.8. The zero-order valence-electron chi connectivity index (χ0n) is 12.1. The summed E-state index contributed by atoms with van der Waals surface area (Å²) >= 11 is 0. The number of amidine groups is 1. The van der Waals surface area contributed by atoms with Crippen molar-refractivity contribution in [2.24, 2.45) is 16.3 Å². The minimum Gasteiger partial charge on any atom is -0.409 e. The summed E-state index contributed by atoms with van der Waals surface area (Å²) in [5, 5.41) is 12.1.